The topological polar surface area (TPSA) is 12.0 Å². The molecule has 0 spiro atoms. The Bertz CT molecular complexity index is 570. The van der Waals surface area contributed by atoms with Gasteiger partial charge in [0.25, 0.3) is 0 Å². The first-order chi connectivity index (χ1) is 9.11. The van der Waals surface area contributed by atoms with E-state index in [1.165, 1.54) is 33.5 Å². The van der Waals surface area contributed by atoms with Gasteiger partial charge in [-0.1, -0.05) is 48.9 Å². The zero-order valence-electron chi connectivity index (χ0n) is 12.4. The minimum Gasteiger partial charge on any atom is -0.381 e. The molecule has 2 aromatic rings. The third-order valence-electron chi connectivity index (χ3n) is 3.69. The number of nitrogens with one attached hydrogen (secondary N) is 1. The smallest absolute Gasteiger partial charge is 0.0404 e. The second-order valence-corrected chi connectivity index (χ2v) is 5.25. The van der Waals surface area contributed by atoms with Crippen molar-refractivity contribution < 1.29 is 0 Å². The first kappa shape index (κ1) is 13.7. The fourth-order valence-corrected chi connectivity index (χ4v) is 2.50. The van der Waals surface area contributed by atoms with Crippen LogP contribution >= 0.6 is 0 Å². The van der Waals surface area contributed by atoms with Gasteiger partial charge in [0, 0.05) is 12.2 Å². The van der Waals surface area contributed by atoms with Crippen LogP contribution in [0.5, 0.6) is 0 Å². The molecule has 100 valence electrons. The maximum atomic E-state index is 3.61. The average molecular weight is 253 g/mol. The Hall–Kier alpha value is -1.76. The van der Waals surface area contributed by atoms with Crippen LogP contribution in [-0.2, 0) is 13.0 Å². The number of rotatable bonds is 4. The quantitative estimate of drug-likeness (QED) is 0.826. The van der Waals surface area contributed by atoms with Crippen molar-refractivity contribution in [3.8, 4) is 0 Å². The molecule has 1 heteroatoms. The molecule has 2 aromatic carbocycles. The van der Waals surface area contributed by atoms with E-state index in [2.05, 4.69) is 69.4 Å². The number of benzene rings is 2. The summed E-state index contributed by atoms with van der Waals surface area (Å²) in [6, 6.07) is 13.2. The maximum absolute atomic E-state index is 3.61. The molecule has 0 aliphatic carbocycles. The fraction of sp³-hybridized carbons (Fsp3) is 0.333. The molecule has 1 N–H and O–H groups in total. The first-order valence-electron chi connectivity index (χ1n) is 7.00. The van der Waals surface area contributed by atoms with E-state index in [0.29, 0.717) is 0 Å². The summed E-state index contributed by atoms with van der Waals surface area (Å²) in [5.74, 6) is 0. The summed E-state index contributed by atoms with van der Waals surface area (Å²) < 4.78 is 0. The van der Waals surface area contributed by atoms with Gasteiger partial charge >= 0.3 is 0 Å². The lowest BCUT2D eigenvalue weighted by Gasteiger charge is -2.15. The van der Waals surface area contributed by atoms with Crippen molar-refractivity contribution in [2.75, 3.05) is 5.32 Å². The number of hydrogen-bond acceptors (Lipinski definition) is 1. The minimum atomic E-state index is 0.893. The van der Waals surface area contributed by atoms with E-state index in [1.54, 1.807) is 0 Å². The zero-order valence-corrected chi connectivity index (χ0v) is 12.4. The van der Waals surface area contributed by atoms with Crippen LogP contribution < -0.4 is 5.32 Å². The molecule has 0 fully saturated rings. The molecule has 0 atom stereocenters. The van der Waals surface area contributed by atoms with E-state index < -0.39 is 0 Å². The molecule has 0 aromatic heterocycles. The van der Waals surface area contributed by atoms with Gasteiger partial charge in [0.2, 0.25) is 0 Å². The first-order valence-corrected chi connectivity index (χ1v) is 7.00. The van der Waals surface area contributed by atoms with Gasteiger partial charge in [0.05, 0.1) is 0 Å². The maximum Gasteiger partial charge on any atom is 0.0404 e. The van der Waals surface area contributed by atoms with Crippen LogP contribution in [0.2, 0.25) is 0 Å². The normalized spacial score (nSPS) is 10.5. The molecule has 0 saturated carbocycles. The van der Waals surface area contributed by atoms with Crippen LogP contribution in [0.25, 0.3) is 0 Å². The summed E-state index contributed by atoms with van der Waals surface area (Å²) in [5.41, 5.74) is 8.07. The molecule has 0 aliphatic heterocycles. The van der Waals surface area contributed by atoms with Crippen LogP contribution in [0.1, 0.15) is 34.7 Å². The van der Waals surface area contributed by atoms with Gasteiger partial charge in [-0.25, -0.2) is 0 Å². The summed E-state index contributed by atoms with van der Waals surface area (Å²) in [6.45, 7) is 9.59. The number of anilines is 1. The van der Waals surface area contributed by atoms with Crippen molar-refractivity contribution >= 4 is 5.69 Å². The van der Waals surface area contributed by atoms with Crippen LogP contribution in [0, 0.1) is 20.8 Å². The predicted molar refractivity (Wildman–Crippen MR) is 83.8 cm³/mol. The van der Waals surface area contributed by atoms with E-state index in [1.807, 2.05) is 0 Å². The van der Waals surface area contributed by atoms with Gasteiger partial charge in [-0.05, 0) is 49.4 Å². The molecule has 1 nitrogen and oxygen atoms in total. The summed E-state index contributed by atoms with van der Waals surface area (Å²) in [7, 11) is 0. The summed E-state index contributed by atoms with van der Waals surface area (Å²) >= 11 is 0. The van der Waals surface area contributed by atoms with E-state index in [-0.39, 0.29) is 0 Å². The van der Waals surface area contributed by atoms with E-state index >= 15 is 0 Å². The van der Waals surface area contributed by atoms with Crippen molar-refractivity contribution in [2.45, 2.75) is 40.7 Å². The second-order valence-electron chi connectivity index (χ2n) is 5.25. The van der Waals surface area contributed by atoms with Crippen LogP contribution in [0.4, 0.5) is 5.69 Å². The lowest BCUT2D eigenvalue weighted by Crippen LogP contribution is -2.05. The van der Waals surface area contributed by atoms with Crippen LogP contribution in [0.15, 0.2) is 36.4 Å². The highest BCUT2D eigenvalue weighted by Crippen LogP contribution is 2.22. The largest absolute Gasteiger partial charge is 0.381 e. The Morgan fingerprint density at radius 2 is 1.68 bits per heavy atom. The van der Waals surface area contributed by atoms with E-state index in [9.17, 15) is 0 Å². The van der Waals surface area contributed by atoms with Crippen molar-refractivity contribution in [3.63, 3.8) is 0 Å². The molecule has 0 heterocycles. The number of para-hydroxylation sites is 1. The van der Waals surface area contributed by atoms with Gasteiger partial charge in [-0.15, -0.1) is 0 Å². The van der Waals surface area contributed by atoms with Crippen molar-refractivity contribution in [1.29, 1.82) is 0 Å². The molecule has 0 saturated heterocycles. The summed E-state index contributed by atoms with van der Waals surface area (Å²) in [5, 5.41) is 3.61. The lowest BCUT2D eigenvalue weighted by molar-refractivity contribution is 1.07. The van der Waals surface area contributed by atoms with Gasteiger partial charge in [0.15, 0.2) is 0 Å². The molecule has 0 amide bonds. The molecule has 0 aliphatic rings. The Balaban J connectivity index is 2.19. The van der Waals surface area contributed by atoms with E-state index in [4.69, 9.17) is 0 Å². The highest BCUT2D eigenvalue weighted by atomic mass is 14.9. The average Bonchev–Trinajstić information content (AvgIpc) is 2.39. The van der Waals surface area contributed by atoms with Gasteiger partial charge in [-0.2, -0.15) is 0 Å². The van der Waals surface area contributed by atoms with Crippen molar-refractivity contribution in [2.24, 2.45) is 0 Å². The summed E-state index contributed by atoms with van der Waals surface area (Å²) in [4.78, 5) is 0. The summed E-state index contributed by atoms with van der Waals surface area (Å²) in [6.07, 6.45) is 1.07. The minimum absolute atomic E-state index is 0.893. The SMILES string of the molecule is CCc1cccc(C)c1NCc1ccc(C)cc1C. The standard InChI is InChI=1S/C18H23N/c1-5-16-8-6-7-14(3)18(16)19-12-17-10-9-13(2)11-15(17)4/h6-11,19H,5,12H2,1-4H3. The Labute approximate surface area is 116 Å². The van der Waals surface area contributed by atoms with Crippen molar-refractivity contribution in [3.05, 3.63) is 64.2 Å². The highest BCUT2D eigenvalue weighted by molar-refractivity contribution is 5.57. The molecular formula is C18H23N. The zero-order chi connectivity index (χ0) is 13.8. The highest BCUT2D eigenvalue weighted by Gasteiger charge is 2.04. The molecule has 0 bridgehead atoms. The number of hydrogen-bond donors (Lipinski definition) is 1. The third-order valence-corrected chi connectivity index (χ3v) is 3.69. The molecule has 19 heavy (non-hydrogen) atoms. The predicted octanol–water partition coefficient (Wildman–Crippen LogP) is 4.79. The Morgan fingerprint density at radius 1 is 0.895 bits per heavy atom. The molecule has 2 rings (SSSR count). The van der Waals surface area contributed by atoms with Crippen LogP contribution in [0.3, 0.4) is 0 Å². The lowest BCUT2D eigenvalue weighted by atomic mass is 10.0. The second kappa shape index (κ2) is 5.92. The van der Waals surface area contributed by atoms with Crippen molar-refractivity contribution in [1.82, 2.24) is 0 Å². The van der Waals surface area contributed by atoms with Gasteiger partial charge in [-0.3, -0.25) is 0 Å². The molecule has 0 unspecified atom stereocenters. The van der Waals surface area contributed by atoms with Gasteiger partial charge < -0.3 is 5.32 Å². The fourth-order valence-electron chi connectivity index (χ4n) is 2.50. The Morgan fingerprint density at radius 3 is 2.37 bits per heavy atom. The molecular weight excluding hydrogens is 230 g/mol. The van der Waals surface area contributed by atoms with E-state index in [0.717, 1.165) is 13.0 Å². The number of aryl methyl sites for hydroxylation is 4. The van der Waals surface area contributed by atoms with Crippen LogP contribution in [-0.4, -0.2) is 0 Å². The third kappa shape index (κ3) is 3.17. The molecule has 0 radical (unpaired) electrons. The monoisotopic (exact) mass is 253 g/mol. The Kier molecular flexibility index (Phi) is 4.26. The van der Waals surface area contributed by atoms with Gasteiger partial charge in [0.1, 0.15) is 0 Å².